The lowest BCUT2D eigenvalue weighted by atomic mass is 10.0. The average Bonchev–Trinajstić information content (AvgIpc) is 3.63. The van der Waals surface area contributed by atoms with E-state index >= 15 is 0 Å². The Labute approximate surface area is 200 Å². The van der Waals surface area contributed by atoms with Crippen molar-refractivity contribution in [2.75, 3.05) is 5.32 Å². The molecule has 5 aromatic rings. The molecule has 166 valence electrons. The number of carbonyl (C=O) groups is 1. The molecule has 2 heteroatoms. The topological polar surface area (TPSA) is 29.1 Å². The third kappa shape index (κ3) is 4.32. The lowest BCUT2D eigenvalue weighted by Crippen LogP contribution is -2.14. The highest BCUT2D eigenvalue weighted by Crippen LogP contribution is 2.49. The van der Waals surface area contributed by atoms with E-state index in [1.807, 2.05) is 36.4 Å². The van der Waals surface area contributed by atoms with Gasteiger partial charge in [0.1, 0.15) is 0 Å². The number of benzene rings is 5. The van der Waals surface area contributed by atoms with E-state index in [1.165, 1.54) is 33.7 Å². The van der Waals surface area contributed by atoms with Crippen LogP contribution >= 0.6 is 0 Å². The second kappa shape index (κ2) is 8.79. The highest BCUT2D eigenvalue weighted by molar-refractivity contribution is 5.96. The summed E-state index contributed by atoms with van der Waals surface area (Å²) in [5.41, 5.74) is 4.71. The summed E-state index contributed by atoms with van der Waals surface area (Å²) in [6, 6.07) is 38.2. The molecule has 5 aromatic carbocycles. The third-order valence-corrected chi connectivity index (χ3v) is 7.09. The first-order valence-electron chi connectivity index (χ1n) is 12.1. The first kappa shape index (κ1) is 20.7. The Morgan fingerprint density at radius 2 is 1.47 bits per heavy atom. The van der Waals surface area contributed by atoms with Gasteiger partial charge < -0.3 is 5.32 Å². The molecule has 1 N–H and O–H groups in total. The van der Waals surface area contributed by atoms with E-state index in [1.54, 1.807) is 0 Å². The highest BCUT2D eigenvalue weighted by Gasteiger charge is 2.37. The van der Waals surface area contributed by atoms with Crippen LogP contribution in [0.5, 0.6) is 0 Å². The molecular formula is C32H27NO. The first-order chi connectivity index (χ1) is 16.7. The molecule has 0 spiro atoms. The number of rotatable bonds is 6. The minimum Gasteiger partial charge on any atom is -0.326 e. The van der Waals surface area contributed by atoms with E-state index in [9.17, 15) is 4.79 Å². The molecule has 0 unspecified atom stereocenters. The average molecular weight is 442 g/mol. The second-order valence-electron chi connectivity index (χ2n) is 9.47. The van der Waals surface area contributed by atoms with Gasteiger partial charge in [-0.1, -0.05) is 97.1 Å². The minimum absolute atomic E-state index is 0.0182. The Bertz CT molecular complexity index is 1480. The maximum atomic E-state index is 12.7. The van der Waals surface area contributed by atoms with Crippen molar-refractivity contribution in [3.05, 3.63) is 126 Å². The van der Waals surface area contributed by atoms with Crippen LogP contribution in [0.1, 0.15) is 29.0 Å². The molecule has 1 saturated carbocycles. The largest absolute Gasteiger partial charge is 0.326 e. The molecule has 2 atom stereocenters. The molecule has 0 bridgehead atoms. The van der Waals surface area contributed by atoms with Crippen molar-refractivity contribution in [2.24, 2.45) is 5.92 Å². The number of amides is 1. The normalized spacial score (nSPS) is 17.1. The zero-order chi connectivity index (χ0) is 22.9. The van der Waals surface area contributed by atoms with Crippen LogP contribution in [-0.4, -0.2) is 5.91 Å². The van der Waals surface area contributed by atoms with E-state index in [0.717, 1.165) is 23.1 Å². The summed E-state index contributed by atoms with van der Waals surface area (Å²) in [5.74, 6) is 1.34. The summed E-state index contributed by atoms with van der Waals surface area (Å²) in [7, 11) is 0. The molecule has 6 rings (SSSR count). The van der Waals surface area contributed by atoms with Gasteiger partial charge in [0.2, 0.25) is 5.91 Å². The number of anilines is 1. The Hall–Kier alpha value is -3.91. The molecule has 0 radical (unpaired) electrons. The number of nitrogens with one attached hydrogen (secondary N) is 1. The van der Waals surface area contributed by atoms with Crippen molar-refractivity contribution < 1.29 is 4.79 Å². The third-order valence-electron chi connectivity index (χ3n) is 7.09. The quantitative estimate of drug-likeness (QED) is 0.290. The molecular weight excluding hydrogens is 414 g/mol. The fourth-order valence-corrected chi connectivity index (χ4v) is 5.19. The Morgan fingerprint density at radius 1 is 0.735 bits per heavy atom. The van der Waals surface area contributed by atoms with Crippen LogP contribution in [0.4, 0.5) is 5.69 Å². The summed E-state index contributed by atoms with van der Waals surface area (Å²) < 4.78 is 0. The van der Waals surface area contributed by atoms with E-state index in [4.69, 9.17) is 0 Å². The van der Waals surface area contributed by atoms with E-state index in [-0.39, 0.29) is 5.91 Å². The lowest BCUT2D eigenvalue weighted by molar-refractivity contribution is -0.115. The zero-order valence-electron chi connectivity index (χ0n) is 19.1. The molecule has 1 aliphatic rings. The number of hydrogen-bond acceptors (Lipinski definition) is 1. The van der Waals surface area contributed by atoms with Crippen LogP contribution in [0.25, 0.3) is 21.5 Å². The van der Waals surface area contributed by atoms with Gasteiger partial charge in [-0.3, -0.25) is 4.79 Å². The monoisotopic (exact) mass is 441 g/mol. The van der Waals surface area contributed by atoms with Gasteiger partial charge in [-0.05, 0) is 75.0 Å². The first-order valence-corrected chi connectivity index (χ1v) is 12.1. The van der Waals surface area contributed by atoms with Crippen molar-refractivity contribution in [1.82, 2.24) is 0 Å². The van der Waals surface area contributed by atoms with Crippen LogP contribution in [0.2, 0.25) is 0 Å². The zero-order valence-corrected chi connectivity index (χ0v) is 19.1. The van der Waals surface area contributed by atoms with Crippen molar-refractivity contribution in [2.45, 2.75) is 25.2 Å². The number of hydrogen-bond donors (Lipinski definition) is 1. The van der Waals surface area contributed by atoms with Gasteiger partial charge in [-0.2, -0.15) is 0 Å². The predicted molar refractivity (Wildman–Crippen MR) is 141 cm³/mol. The van der Waals surface area contributed by atoms with Crippen LogP contribution < -0.4 is 5.32 Å². The van der Waals surface area contributed by atoms with Crippen molar-refractivity contribution >= 4 is 33.1 Å². The van der Waals surface area contributed by atoms with Gasteiger partial charge in [0.05, 0.1) is 6.42 Å². The molecule has 1 amide bonds. The fourth-order valence-electron chi connectivity index (χ4n) is 5.19. The summed E-state index contributed by atoms with van der Waals surface area (Å²) in [6.07, 6.45) is 2.73. The van der Waals surface area contributed by atoms with Crippen molar-refractivity contribution in [3.63, 3.8) is 0 Å². The lowest BCUT2D eigenvalue weighted by Gasteiger charge is -2.09. The molecule has 1 aliphatic carbocycles. The van der Waals surface area contributed by atoms with Crippen LogP contribution in [-0.2, 0) is 17.6 Å². The Kier molecular flexibility index (Phi) is 5.35. The molecule has 0 heterocycles. The highest BCUT2D eigenvalue weighted by atomic mass is 16.1. The fraction of sp³-hybridized carbons (Fsp3) is 0.156. The van der Waals surface area contributed by atoms with Gasteiger partial charge in [-0.15, -0.1) is 0 Å². The molecule has 34 heavy (non-hydrogen) atoms. The standard InChI is InChI=1S/C32H27NO/c34-32(21-27-10-5-9-24-7-3-4-11-30(24)27)33-29-16-14-25(15-17-29)31-20-28(31)19-22-12-13-23-6-1-2-8-26(23)18-22/h1-18,28,31H,19-21H2,(H,33,34)/t28-,31-/m0/s1. The van der Waals surface area contributed by atoms with Gasteiger partial charge in [0.25, 0.3) is 0 Å². The smallest absolute Gasteiger partial charge is 0.228 e. The summed E-state index contributed by atoms with van der Waals surface area (Å²) >= 11 is 0. The van der Waals surface area contributed by atoms with Crippen molar-refractivity contribution in [1.29, 1.82) is 0 Å². The van der Waals surface area contributed by atoms with Crippen LogP contribution in [0, 0.1) is 5.92 Å². The van der Waals surface area contributed by atoms with E-state index in [2.05, 4.69) is 78.1 Å². The number of carbonyl (C=O) groups excluding carboxylic acids is 1. The van der Waals surface area contributed by atoms with Gasteiger partial charge in [0.15, 0.2) is 0 Å². The Morgan fingerprint density at radius 3 is 2.32 bits per heavy atom. The number of fused-ring (bicyclic) bond motifs is 2. The van der Waals surface area contributed by atoms with Gasteiger partial charge >= 0.3 is 0 Å². The van der Waals surface area contributed by atoms with Gasteiger partial charge in [0, 0.05) is 5.69 Å². The molecule has 1 fully saturated rings. The molecule has 0 saturated heterocycles. The van der Waals surface area contributed by atoms with E-state index < -0.39 is 0 Å². The summed E-state index contributed by atoms with van der Waals surface area (Å²) in [4.78, 5) is 12.7. The van der Waals surface area contributed by atoms with Crippen LogP contribution in [0.3, 0.4) is 0 Å². The predicted octanol–water partition coefficient (Wildman–Crippen LogP) is 7.52. The van der Waals surface area contributed by atoms with Crippen LogP contribution in [0.15, 0.2) is 109 Å². The molecule has 0 aromatic heterocycles. The minimum atomic E-state index is 0.0182. The Balaban J connectivity index is 1.07. The maximum Gasteiger partial charge on any atom is 0.228 e. The van der Waals surface area contributed by atoms with Crippen molar-refractivity contribution in [3.8, 4) is 0 Å². The van der Waals surface area contributed by atoms with Gasteiger partial charge in [-0.25, -0.2) is 0 Å². The van der Waals surface area contributed by atoms with E-state index in [0.29, 0.717) is 18.3 Å². The molecule has 0 aliphatic heterocycles. The SMILES string of the molecule is O=C(Cc1cccc2ccccc12)Nc1ccc([C@@H]2C[C@@H]2Cc2ccc3ccccc3c2)cc1. The molecule has 2 nitrogen and oxygen atoms in total. The summed E-state index contributed by atoms with van der Waals surface area (Å²) in [5, 5.41) is 8.00. The second-order valence-corrected chi connectivity index (χ2v) is 9.47. The summed E-state index contributed by atoms with van der Waals surface area (Å²) in [6.45, 7) is 0. The maximum absolute atomic E-state index is 12.7.